The molecule has 0 fully saturated rings. The zero-order valence-corrected chi connectivity index (χ0v) is 11.3. The highest BCUT2D eigenvalue weighted by atomic mass is 19.4. The Hall–Kier alpha value is -1.07. The summed E-state index contributed by atoms with van der Waals surface area (Å²) >= 11 is 0. The first-order chi connectivity index (χ1) is 8.66. The summed E-state index contributed by atoms with van der Waals surface area (Å²) in [6.07, 6.45) is -6.18. The van der Waals surface area contributed by atoms with Crippen LogP contribution in [0.15, 0.2) is 30.3 Å². The van der Waals surface area contributed by atoms with Crippen LogP contribution in [0.25, 0.3) is 0 Å². The van der Waals surface area contributed by atoms with Crippen LogP contribution < -0.4 is 0 Å². The second-order valence-corrected chi connectivity index (χ2v) is 5.42. The zero-order chi connectivity index (χ0) is 14.5. The fourth-order valence-electron chi connectivity index (χ4n) is 1.49. The van der Waals surface area contributed by atoms with Crippen LogP contribution in [0.4, 0.5) is 13.2 Å². The Morgan fingerprint density at radius 2 is 1.63 bits per heavy atom. The standard InChI is InChI=1S/C14H19F3O2/c1-13(2,3)19-18-12(10-14(15,16)17)9-11-7-5-4-6-8-11/h4-8,12H,9-10H2,1-3H3. The van der Waals surface area contributed by atoms with Crippen LogP contribution in [0.3, 0.4) is 0 Å². The number of hydrogen-bond donors (Lipinski definition) is 0. The van der Waals surface area contributed by atoms with Gasteiger partial charge in [0, 0.05) is 6.42 Å². The van der Waals surface area contributed by atoms with Crippen LogP contribution in [0.1, 0.15) is 32.8 Å². The van der Waals surface area contributed by atoms with Crippen LogP contribution >= 0.6 is 0 Å². The molecule has 0 amide bonds. The summed E-state index contributed by atoms with van der Waals surface area (Å²) < 4.78 is 37.5. The minimum Gasteiger partial charge on any atom is -0.232 e. The van der Waals surface area contributed by atoms with Gasteiger partial charge in [-0.15, -0.1) is 0 Å². The summed E-state index contributed by atoms with van der Waals surface area (Å²) in [7, 11) is 0. The summed E-state index contributed by atoms with van der Waals surface area (Å²) in [5.74, 6) is 0. The van der Waals surface area contributed by atoms with Gasteiger partial charge in [-0.2, -0.15) is 13.2 Å². The number of hydrogen-bond acceptors (Lipinski definition) is 2. The molecule has 0 aliphatic rings. The minimum absolute atomic E-state index is 0.163. The predicted molar refractivity (Wildman–Crippen MR) is 66.5 cm³/mol. The molecule has 0 spiro atoms. The van der Waals surface area contributed by atoms with Crippen molar-refractivity contribution in [2.75, 3.05) is 0 Å². The van der Waals surface area contributed by atoms with Crippen molar-refractivity contribution in [3.05, 3.63) is 35.9 Å². The lowest BCUT2D eigenvalue weighted by molar-refractivity contribution is -0.381. The van der Waals surface area contributed by atoms with E-state index in [1.807, 2.05) is 6.07 Å². The molecular weight excluding hydrogens is 257 g/mol. The smallest absolute Gasteiger partial charge is 0.232 e. The molecule has 1 atom stereocenters. The van der Waals surface area contributed by atoms with Gasteiger partial charge in [0.15, 0.2) is 0 Å². The predicted octanol–water partition coefficient (Wildman–Crippen LogP) is 4.30. The monoisotopic (exact) mass is 276 g/mol. The normalized spacial score (nSPS) is 14.4. The fourth-order valence-corrected chi connectivity index (χ4v) is 1.49. The molecule has 0 radical (unpaired) electrons. The van der Waals surface area contributed by atoms with E-state index in [1.165, 1.54) is 0 Å². The van der Waals surface area contributed by atoms with Crippen LogP contribution in [0, 0.1) is 0 Å². The maximum atomic E-state index is 12.5. The van der Waals surface area contributed by atoms with E-state index < -0.39 is 24.3 Å². The molecule has 0 saturated carbocycles. The lowest BCUT2D eigenvalue weighted by Gasteiger charge is -2.24. The number of benzene rings is 1. The zero-order valence-electron chi connectivity index (χ0n) is 11.3. The van der Waals surface area contributed by atoms with Crippen molar-refractivity contribution in [1.29, 1.82) is 0 Å². The molecule has 1 unspecified atom stereocenters. The van der Waals surface area contributed by atoms with Crippen molar-refractivity contribution < 1.29 is 22.9 Å². The van der Waals surface area contributed by atoms with Gasteiger partial charge in [-0.1, -0.05) is 30.3 Å². The highest BCUT2D eigenvalue weighted by Gasteiger charge is 2.33. The van der Waals surface area contributed by atoms with E-state index in [0.29, 0.717) is 0 Å². The number of rotatable bonds is 5. The summed E-state index contributed by atoms with van der Waals surface area (Å²) in [4.78, 5) is 9.98. The lowest BCUT2D eigenvalue weighted by Crippen LogP contribution is -2.29. The third-order valence-corrected chi connectivity index (χ3v) is 2.20. The van der Waals surface area contributed by atoms with Gasteiger partial charge in [0.2, 0.25) is 0 Å². The Kier molecular flexibility index (Phi) is 5.38. The summed E-state index contributed by atoms with van der Waals surface area (Å²) in [6, 6.07) is 8.91. The SMILES string of the molecule is CC(C)(C)OOC(Cc1ccccc1)CC(F)(F)F. The van der Waals surface area contributed by atoms with Crippen LogP contribution in [0.2, 0.25) is 0 Å². The average molecular weight is 276 g/mol. The van der Waals surface area contributed by atoms with E-state index in [1.54, 1.807) is 45.0 Å². The van der Waals surface area contributed by atoms with Crippen molar-refractivity contribution in [2.24, 2.45) is 0 Å². The second kappa shape index (κ2) is 6.39. The number of alkyl halides is 3. The first-order valence-electron chi connectivity index (χ1n) is 6.11. The quantitative estimate of drug-likeness (QED) is 0.589. The van der Waals surface area contributed by atoms with Crippen molar-refractivity contribution >= 4 is 0 Å². The fraction of sp³-hybridized carbons (Fsp3) is 0.571. The van der Waals surface area contributed by atoms with E-state index in [-0.39, 0.29) is 6.42 Å². The first-order valence-corrected chi connectivity index (χ1v) is 6.11. The van der Waals surface area contributed by atoms with Gasteiger partial charge in [0.25, 0.3) is 0 Å². The maximum Gasteiger partial charge on any atom is 0.391 e. The molecular formula is C14H19F3O2. The van der Waals surface area contributed by atoms with Crippen LogP contribution in [-0.4, -0.2) is 17.9 Å². The molecule has 0 heterocycles. The van der Waals surface area contributed by atoms with Crippen molar-refractivity contribution in [3.8, 4) is 0 Å². The summed E-state index contributed by atoms with van der Waals surface area (Å²) in [6.45, 7) is 5.17. The van der Waals surface area contributed by atoms with E-state index in [0.717, 1.165) is 5.56 Å². The van der Waals surface area contributed by atoms with Gasteiger partial charge in [-0.05, 0) is 26.3 Å². The molecule has 0 saturated heterocycles. The van der Waals surface area contributed by atoms with Crippen LogP contribution in [0.5, 0.6) is 0 Å². The van der Waals surface area contributed by atoms with Gasteiger partial charge >= 0.3 is 6.18 Å². The first kappa shape index (κ1) is 16.0. The molecule has 19 heavy (non-hydrogen) atoms. The topological polar surface area (TPSA) is 18.5 Å². The Labute approximate surface area is 111 Å². The van der Waals surface area contributed by atoms with Gasteiger partial charge < -0.3 is 0 Å². The molecule has 5 heteroatoms. The second-order valence-electron chi connectivity index (χ2n) is 5.42. The van der Waals surface area contributed by atoms with Gasteiger partial charge in [0.05, 0.1) is 12.0 Å². The third-order valence-electron chi connectivity index (χ3n) is 2.20. The van der Waals surface area contributed by atoms with E-state index in [4.69, 9.17) is 9.78 Å². The lowest BCUT2D eigenvalue weighted by atomic mass is 10.1. The molecule has 1 rings (SSSR count). The molecule has 1 aromatic rings. The molecule has 108 valence electrons. The number of halogens is 3. The van der Waals surface area contributed by atoms with E-state index in [9.17, 15) is 13.2 Å². The van der Waals surface area contributed by atoms with Crippen molar-refractivity contribution in [2.45, 2.75) is 51.5 Å². The Bertz CT molecular complexity index is 369. The molecule has 0 aliphatic carbocycles. The molecule has 0 aliphatic heterocycles. The molecule has 0 bridgehead atoms. The van der Waals surface area contributed by atoms with Crippen molar-refractivity contribution in [3.63, 3.8) is 0 Å². The van der Waals surface area contributed by atoms with Crippen LogP contribution in [-0.2, 0) is 16.2 Å². The molecule has 0 N–H and O–H groups in total. The third kappa shape index (κ3) is 7.85. The van der Waals surface area contributed by atoms with Gasteiger partial charge in [0.1, 0.15) is 6.10 Å². The minimum atomic E-state index is -4.28. The van der Waals surface area contributed by atoms with Gasteiger partial charge in [-0.25, -0.2) is 9.78 Å². The highest BCUT2D eigenvalue weighted by Crippen LogP contribution is 2.26. The van der Waals surface area contributed by atoms with E-state index >= 15 is 0 Å². The molecule has 1 aromatic carbocycles. The Balaban J connectivity index is 2.64. The Morgan fingerprint density at radius 1 is 1.05 bits per heavy atom. The molecule has 0 aromatic heterocycles. The average Bonchev–Trinajstić information content (AvgIpc) is 2.24. The molecule has 2 nitrogen and oxygen atoms in total. The van der Waals surface area contributed by atoms with E-state index in [2.05, 4.69) is 0 Å². The van der Waals surface area contributed by atoms with Crippen molar-refractivity contribution in [1.82, 2.24) is 0 Å². The maximum absolute atomic E-state index is 12.5. The van der Waals surface area contributed by atoms with Gasteiger partial charge in [-0.3, -0.25) is 0 Å². The Morgan fingerprint density at radius 3 is 2.11 bits per heavy atom. The summed E-state index contributed by atoms with van der Waals surface area (Å²) in [5, 5.41) is 0. The largest absolute Gasteiger partial charge is 0.391 e. The summed E-state index contributed by atoms with van der Waals surface area (Å²) in [5.41, 5.74) is 0.148. The highest BCUT2D eigenvalue weighted by molar-refractivity contribution is 5.15.